The molecule has 0 spiro atoms. The van der Waals surface area contributed by atoms with Crippen molar-refractivity contribution in [1.29, 1.82) is 0 Å². The topological polar surface area (TPSA) is 40.6 Å². The lowest BCUT2D eigenvalue weighted by atomic mass is 9.90. The molecular formula is C25H32N2O2S. The molecule has 1 aromatic carbocycles. The number of fused-ring (bicyclic) bond motifs is 1. The van der Waals surface area contributed by atoms with Gasteiger partial charge in [0.15, 0.2) is 0 Å². The Labute approximate surface area is 183 Å². The van der Waals surface area contributed by atoms with Crippen molar-refractivity contribution in [3.05, 3.63) is 57.3 Å². The number of rotatable bonds is 5. The van der Waals surface area contributed by atoms with Crippen LogP contribution in [0.2, 0.25) is 0 Å². The molecule has 2 heterocycles. The van der Waals surface area contributed by atoms with Gasteiger partial charge in [-0.05, 0) is 59.7 Å². The van der Waals surface area contributed by atoms with E-state index < -0.39 is 0 Å². The summed E-state index contributed by atoms with van der Waals surface area (Å²) in [5.74, 6) is 0.174. The Morgan fingerprint density at radius 2 is 1.87 bits per heavy atom. The van der Waals surface area contributed by atoms with Crippen LogP contribution in [0.25, 0.3) is 0 Å². The Hall–Kier alpha value is -2.14. The molecule has 1 atom stereocenters. The van der Waals surface area contributed by atoms with Crippen molar-refractivity contribution in [3.63, 3.8) is 0 Å². The van der Waals surface area contributed by atoms with E-state index in [2.05, 4.69) is 57.3 Å². The number of nitrogens with zero attached hydrogens (tertiary/aromatic N) is 2. The molecule has 4 rings (SSSR count). The normalized spacial score (nSPS) is 18.8. The first-order valence-corrected chi connectivity index (χ1v) is 11.8. The lowest BCUT2D eigenvalue weighted by Crippen LogP contribution is -2.48. The van der Waals surface area contributed by atoms with Gasteiger partial charge >= 0.3 is 0 Å². The monoisotopic (exact) mass is 424 g/mol. The Morgan fingerprint density at radius 3 is 2.53 bits per heavy atom. The Balaban J connectivity index is 1.60. The summed E-state index contributed by atoms with van der Waals surface area (Å²) in [6.07, 6.45) is 3.39. The van der Waals surface area contributed by atoms with Gasteiger partial charge in [0, 0.05) is 23.9 Å². The van der Waals surface area contributed by atoms with Crippen LogP contribution < -0.4 is 0 Å². The highest BCUT2D eigenvalue weighted by Crippen LogP contribution is 2.39. The molecule has 0 bridgehead atoms. The second-order valence-corrected chi connectivity index (χ2v) is 10.9. The number of aryl methyl sites for hydroxylation is 1. The molecule has 4 nitrogen and oxygen atoms in total. The molecular weight excluding hydrogens is 392 g/mol. The predicted molar refractivity (Wildman–Crippen MR) is 122 cm³/mol. The summed E-state index contributed by atoms with van der Waals surface area (Å²) in [7, 11) is 0. The fraction of sp³-hybridized carbons (Fsp3) is 0.520. The van der Waals surface area contributed by atoms with Crippen molar-refractivity contribution in [2.24, 2.45) is 5.41 Å². The molecule has 1 aromatic heterocycles. The molecule has 5 heteroatoms. The van der Waals surface area contributed by atoms with E-state index in [-0.39, 0.29) is 35.9 Å². The molecule has 30 heavy (non-hydrogen) atoms. The summed E-state index contributed by atoms with van der Waals surface area (Å²) < 4.78 is 0. The maximum absolute atomic E-state index is 13.6. The highest BCUT2D eigenvalue weighted by molar-refractivity contribution is 7.10. The molecule has 2 amide bonds. The zero-order valence-corrected chi connectivity index (χ0v) is 19.3. The van der Waals surface area contributed by atoms with Crippen molar-refractivity contribution < 1.29 is 9.59 Å². The van der Waals surface area contributed by atoms with Crippen LogP contribution in [0, 0.1) is 12.3 Å². The zero-order chi connectivity index (χ0) is 21.5. The number of hydrogen-bond donors (Lipinski definition) is 0. The molecule has 1 unspecified atom stereocenters. The SMILES string of the molecule is Cc1ccccc1C1c2ccsc2CCN1C(=O)CN(C(=O)CC(C)(C)C)C1CC1. The molecule has 160 valence electrons. The number of amides is 2. The molecule has 1 aliphatic carbocycles. The maximum Gasteiger partial charge on any atom is 0.243 e. The second kappa shape index (κ2) is 8.18. The Kier molecular flexibility index (Phi) is 5.75. The van der Waals surface area contributed by atoms with Crippen molar-refractivity contribution in [2.75, 3.05) is 13.1 Å². The van der Waals surface area contributed by atoms with Crippen molar-refractivity contribution >= 4 is 23.2 Å². The Bertz CT molecular complexity index is 939. The fourth-order valence-electron chi connectivity index (χ4n) is 4.41. The third-order valence-corrected chi connectivity index (χ3v) is 7.06. The van der Waals surface area contributed by atoms with Gasteiger partial charge in [-0.25, -0.2) is 0 Å². The first-order chi connectivity index (χ1) is 14.2. The van der Waals surface area contributed by atoms with Gasteiger partial charge in [0.25, 0.3) is 0 Å². The summed E-state index contributed by atoms with van der Waals surface area (Å²) in [4.78, 5) is 31.8. The summed E-state index contributed by atoms with van der Waals surface area (Å²) in [5.41, 5.74) is 3.55. The van der Waals surface area contributed by atoms with Crippen LogP contribution >= 0.6 is 11.3 Å². The highest BCUT2D eigenvalue weighted by Gasteiger charge is 2.39. The second-order valence-electron chi connectivity index (χ2n) is 9.89. The molecule has 1 aliphatic heterocycles. The fourth-order valence-corrected chi connectivity index (χ4v) is 5.32. The van der Waals surface area contributed by atoms with E-state index in [1.807, 2.05) is 15.9 Å². The quantitative estimate of drug-likeness (QED) is 0.681. The van der Waals surface area contributed by atoms with Gasteiger partial charge < -0.3 is 9.80 Å². The molecule has 2 aromatic rings. The van der Waals surface area contributed by atoms with E-state index in [0.717, 1.165) is 19.3 Å². The first-order valence-electron chi connectivity index (χ1n) is 11.0. The lowest BCUT2D eigenvalue weighted by Gasteiger charge is -2.38. The van der Waals surface area contributed by atoms with Gasteiger partial charge in [-0.15, -0.1) is 11.3 Å². The van der Waals surface area contributed by atoms with Gasteiger partial charge in [-0.2, -0.15) is 0 Å². The van der Waals surface area contributed by atoms with E-state index in [4.69, 9.17) is 0 Å². The van der Waals surface area contributed by atoms with Crippen LogP contribution in [0.5, 0.6) is 0 Å². The summed E-state index contributed by atoms with van der Waals surface area (Å²) in [5, 5.41) is 2.13. The Morgan fingerprint density at radius 1 is 1.13 bits per heavy atom. The van der Waals surface area contributed by atoms with E-state index >= 15 is 0 Å². The third kappa shape index (κ3) is 4.46. The molecule has 0 radical (unpaired) electrons. The van der Waals surface area contributed by atoms with E-state index in [9.17, 15) is 9.59 Å². The van der Waals surface area contributed by atoms with Crippen molar-refractivity contribution in [3.8, 4) is 0 Å². The van der Waals surface area contributed by atoms with E-state index in [1.54, 1.807) is 11.3 Å². The van der Waals surface area contributed by atoms with Crippen molar-refractivity contribution in [2.45, 2.75) is 65.5 Å². The van der Waals surface area contributed by atoms with Gasteiger partial charge in [0.2, 0.25) is 11.8 Å². The van der Waals surface area contributed by atoms with Gasteiger partial charge in [-0.1, -0.05) is 45.0 Å². The first kappa shape index (κ1) is 21.1. The maximum atomic E-state index is 13.6. The average Bonchev–Trinajstić information content (AvgIpc) is 3.40. The van der Waals surface area contributed by atoms with E-state index in [1.165, 1.54) is 21.6 Å². The van der Waals surface area contributed by atoms with Crippen LogP contribution in [0.15, 0.2) is 35.7 Å². The number of benzene rings is 1. The number of hydrogen-bond acceptors (Lipinski definition) is 3. The molecule has 1 fully saturated rings. The highest BCUT2D eigenvalue weighted by atomic mass is 32.1. The van der Waals surface area contributed by atoms with E-state index in [0.29, 0.717) is 13.0 Å². The molecule has 0 N–H and O–H groups in total. The molecule has 2 aliphatic rings. The van der Waals surface area contributed by atoms with Gasteiger partial charge in [0.1, 0.15) is 6.54 Å². The third-order valence-electron chi connectivity index (χ3n) is 6.06. The largest absolute Gasteiger partial charge is 0.330 e. The van der Waals surface area contributed by atoms with Crippen molar-refractivity contribution in [1.82, 2.24) is 9.80 Å². The zero-order valence-electron chi connectivity index (χ0n) is 18.5. The lowest BCUT2D eigenvalue weighted by molar-refractivity contribution is -0.143. The minimum absolute atomic E-state index is 0.0625. The van der Waals surface area contributed by atoms with Gasteiger partial charge in [0.05, 0.1) is 6.04 Å². The molecule has 0 saturated heterocycles. The molecule has 1 saturated carbocycles. The number of carbonyl (C=O) groups excluding carboxylic acids is 2. The number of thiophene rings is 1. The minimum atomic E-state index is -0.0757. The number of carbonyl (C=O) groups is 2. The van der Waals surface area contributed by atoms with Crippen LogP contribution in [-0.4, -0.2) is 40.7 Å². The smallest absolute Gasteiger partial charge is 0.243 e. The predicted octanol–water partition coefficient (Wildman–Crippen LogP) is 4.96. The van der Waals surface area contributed by atoms with Gasteiger partial charge in [-0.3, -0.25) is 9.59 Å². The summed E-state index contributed by atoms with van der Waals surface area (Å²) in [6, 6.07) is 10.7. The van der Waals surface area contributed by atoms with Crippen LogP contribution in [0.3, 0.4) is 0 Å². The average molecular weight is 425 g/mol. The minimum Gasteiger partial charge on any atom is -0.330 e. The van der Waals surface area contributed by atoms with Crippen LogP contribution in [0.4, 0.5) is 0 Å². The van der Waals surface area contributed by atoms with Crippen LogP contribution in [-0.2, 0) is 16.0 Å². The standard InChI is InChI=1S/C25H32N2O2S/c1-17-7-5-6-8-19(17)24-20-12-14-30-21(20)11-13-26(24)23(29)16-27(18-9-10-18)22(28)15-25(2,3)4/h5-8,12,14,18,24H,9-11,13,15-16H2,1-4H3. The summed E-state index contributed by atoms with van der Waals surface area (Å²) >= 11 is 1.78. The van der Waals surface area contributed by atoms with Crippen LogP contribution in [0.1, 0.15) is 67.6 Å². The summed E-state index contributed by atoms with van der Waals surface area (Å²) in [6.45, 7) is 9.25.